The molecule has 7 heteroatoms. The first kappa shape index (κ1) is 20.3. The van der Waals surface area contributed by atoms with E-state index >= 15 is 0 Å². The number of benzene rings is 1. The Morgan fingerprint density at radius 3 is 2.83 bits per heavy atom. The summed E-state index contributed by atoms with van der Waals surface area (Å²) in [5.41, 5.74) is 8.42. The maximum absolute atomic E-state index is 12.8. The van der Waals surface area contributed by atoms with Crippen molar-refractivity contribution in [3.63, 3.8) is 0 Å². The van der Waals surface area contributed by atoms with Gasteiger partial charge in [-0.3, -0.25) is 15.0 Å². The van der Waals surface area contributed by atoms with E-state index in [-0.39, 0.29) is 12.1 Å². The zero-order valence-electron chi connectivity index (χ0n) is 17.3. The molecule has 2 unspecified atom stereocenters. The van der Waals surface area contributed by atoms with Gasteiger partial charge in [0.25, 0.3) is 5.91 Å². The number of nitrogens with two attached hydrogens (primary N) is 1. The van der Waals surface area contributed by atoms with E-state index in [1.54, 1.807) is 0 Å². The summed E-state index contributed by atoms with van der Waals surface area (Å²) in [7, 11) is 0. The van der Waals surface area contributed by atoms with Crippen molar-refractivity contribution in [2.24, 2.45) is 5.73 Å². The Bertz CT molecular complexity index is 826. The third kappa shape index (κ3) is 4.80. The maximum atomic E-state index is 12.8. The van der Waals surface area contributed by atoms with Gasteiger partial charge in [-0.2, -0.15) is 0 Å². The second-order valence-corrected chi connectivity index (χ2v) is 8.41. The molecular weight excluding hydrogens is 364 g/mol. The summed E-state index contributed by atoms with van der Waals surface area (Å²) < 4.78 is 0. The molecule has 2 aromatic rings. The molecule has 0 aliphatic carbocycles. The number of likely N-dealkylation sites (tertiary alicyclic amines) is 1. The van der Waals surface area contributed by atoms with E-state index < -0.39 is 0 Å². The number of amides is 1. The summed E-state index contributed by atoms with van der Waals surface area (Å²) in [6, 6.07) is 8.64. The molecule has 2 atom stereocenters. The quantitative estimate of drug-likeness (QED) is 0.510. The number of rotatable bonds is 6. The number of carbonyl (C=O) groups excluding carboxylic acids is 1. The van der Waals surface area contributed by atoms with Crippen molar-refractivity contribution in [1.29, 1.82) is 0 Å². The van der Waals surface area contributed by atoms with Crippen LogP contribution in [0.4, 0.5) is 0 Å². The first-order valence-electron chi connectivity index (χ1n) is 11.0. The Kier molecular flexibility index (Phi) is 6.50. The Morgan fingerprint density at radius 1 is 1.24 bits per heavy atom. The van der Waals surface area contributed by atoms with Crippen LogP contribution in [0, 0.1) is 6.92 Å². The van der Waals surface area contributed by atoms with Gasteiger partial charge >= 0.3 is 0 Å². The van der Waals surface area contributed by atoms with Crippen LogP contribution in [-0.4, -0.2) is 60.3 Å². The fourth-order valence-corrected chi connectivity index (χ4v) is 4.68. The van der Waals surface area contributed by atoms with E-state index in [1.807, 2.05) is 18.2 Å². The molecule has 2 aliphatic heterocycles. The normalized spacial score (nSPS) is 24.1. The zero-order chi connectivity index (χ0) is 20.2. The Labute approximate surface area is 172 Å². The molecule has 158 valence electrons. The molecule has 0 radical (unpaired) electrons. The van der Waals surface area contributed by atoms with E-state index in [0.717, 1.165) is 68.2 Å². The van der Waals surface area contributed by atoms with Crippen LogP contribution < -0.4 is 21.7 Å². The first-order chi connectivity index (χ1) is 14.1. The number of fused-ring (bicyclic) bond motifs is 1. The molecule has 7 nitrogen and oxygen atoms in total. The fraction of sp³-hybridized carbons (Fsp3) is 0.591. The van der Waals surface area contributed by atoms with Crippen LogP contribution in [0.25, 0.3) is 10.9 Å². The highest BCUT2D eigenvalue weighted by Gasteiger charge is 2.29. The highest BCUT2D eigenvalue weighted by Crippen LogP contribution is 2.21. The van der Waals surface area contributed by atoms with Gasteiger partial charge in [0, 0.05) is 43.1 Å². The third-order valence-corrected chi connectivity index (χ3v) is 6.33. The van der Waals surface area contributed by atoms with Crippen molar-refractivity contribution >= 4 is 16.8 Å². The molecule has 1 aromatic heterocycles. The second kappa shape index (κ2) is 9.26. The molecule has 0 spiro atoms. The van der Waals surface area contributed by atoms with Crippen LogP contribution >= 0.6 is 0 Å². The van der Waals surface area contributed by atoms with Gasteiger partial charge in [-0.15, -0.1) is 0 Å². The summed E-state index contributed by atoms with van der Waals surface area (Å²) in [4.78, 5) is 18.6. The van der Waals surface area contributed by atoms with Gasteiger partial charge in [0.05, 0.1) is 12.3 Å². The molecule has 29 heavy (non-hydrogen) atoms. The lowest BCUT2D eigenvalue weighted by Crippen LogP contribution is -2.60. The van der Waals surface area contributed by atoms with Crippen LogP contribution in [0.2, 0.25) is 0 Å². The lowest BCUT2D eigenvalue weighted by Gasteiger charge is -2.42. The van der Waals surface area contributed by atoms with Crippen LogP contribution in [0.15, 0.2) is 24.3 Å². The lowest BCUT2D eigenvalue weighted by atomic mass is 10.0. The van der Waals surface area contributed by atoms with Crippen molar-refractivity contribution in [2.75, 3.05) is 26.2 Å². The minimum absolute atomic E-state index is 0.0156. The van der Waals surface area contributed by atoms with Crippen molar-refractivity contribution in [3.05, 3.63) is 35.5 Å². The van der Waals surface area contributed by atoms with Gasteiger partial charge in [-0.25, -0.2) is 0 Å². The molecule has 1 aromatic carbocycles. The van der Waals surface area contributed by atoms with Crippen LogP contribution in [0.5, 0.6) is 0 Å². The van der Waals surface area contributed by atoms with E-state index in [4.69, 9.17) is 5.73 Å². The fourth-order valence-electron chi connectivity index (χ4n) is 4.68. The number of hydrogen-bond acceptors (Lipinski definition) is 5. The number of piperidine rings is 2. The third-order valence-electron chi connectivity index (χ3n) is 6.33. The topological polar surface area (TPSA) is 98.2 Å². The first-order valence-corrected chi connectivity index (χ1v) is 11.0. The number of carbonyl (C=O) groups is 1. The average Bonchev–Trinajstić information content (AvgIpc) is 3.19. The molecule has 4 rings (SSSR count). The number of para-hydroxylation sites is 1. The van der Waals surface area contributed by atoms with E-state index in [2.05, 4.69) is 38.8 Å². The van der Waals surface area contributed by atoms with Gasteiger partial charge < -0.3 is 21.4 Å². The second-order valence-electron chi connectivity index (χ2n) is 8.41. The van der Waals surface area contributed by atoms with Crippen LogP contribution in [0.3, 0.4) is 0 Å². The zero-order valence-corrected chi connectivity index (χ0v) is 17.3. The van der Waals surface area contributed by atoms with Gasteiger partial charge in [0.15, 0.2) is 0 Å². The Morgan fingerprint density at radius 2 is 2.07 bits per heavy atom. The average molecular weight is 399 g/mol. The highest BCUT2D eigenvalue weighted by atomic mass is 16.2. The molecule has 2 aliphatic rings. The SMILES string of the molecule is Cc1cccc2cc(C(=O)NC3CCCC(N4CCC(NCCN)CC4)N3)[nH]c12. The van der Waals surface area contributed by atoms with Gasteiger partial charge in [0.2, 0.25) is 0 Å². The summed E-state index contributed by atoms with van der Waals surface area (Å²) in [5.74, 6) is -0.0385. The number of nitrogens with zero attached hydrogens (tertiary/aromatic N) is 1. The summed E-state index contributed by atoms with van der Waals surface area (Å²) >= 11 is 0. The molecular formula is C22H34N6O. The van der Waals surface area contributed by atoms with E-state index in [9.17, 15) is 4.79 Å². The molecule has 0 bridgehead atoms. The highest BCUT2D eigenvalue weighted by molar-refractivity contribution is 5.98. The largest absolute Gasteiger partial charge is 0.350 e. The van der Waals surface area contributed by atoms with Crippen molar-refractivity contribution in [3.8, 4) is 0 Å². The number of aromatic nitrogens is 1. The smallest absolute Gasteiger partial charge is 0.268 e. The minimum Gasteiger partial charge on any atom is -0.350 e. The summed E-state index contributed by atoms with van der Waals surface area (Å²) in [6.45, 7) is 5.82. The van der Waals surface area contributed by atoms with E-state index in [0.29, 0.717) is 24.4 Å². The van der Waals surface area contributed by atoms with Gasteiger partial charge in [-0.1, -0.05) is 18.2 Å². The minimum atomic E-state index is -0.0385. The molecule has 0 saturated carbocycles. The van der Waals surface area contributed by atoms with Crippen molar-refractivity contribution < 1.29 is 4.79 Å². The summed E-state index contributed by atoms with van der Waals surface area (Å²) in [5, 5.41) is 11.5. The van der Waals surface area contributed by atoms with Gasteiger partial charge in [-0.05, 0) is 50.7 Å². The van der Waals surface area contributed by atoms with Gasteiger partial charge in [0.1, 0.15) is 5.69 Å². The number of aromatic amines is 1. The van der Waals surface area contributed by atoms with Crippen molar-refractivity contribution in [1.82, 2.24) is 25.8 Å². The predicted molar refractivity (Wildman–Crippen MR) is 117 cm³/mol. The Balaban J connectivity index is 1.31. The number of aryl methyl sites for hydroxylation is 1. The van der Waals surface area contributed by atoms with E-state index in [1.165, 1.54) is 0 Å². The Hall–Kier alpha value is -1.93. The maximum Gasteiger partial charge on any atom is 0.268 e. The molecule has 3 heterocycles. The molecule has 2 fully saturated rings. The van der Waals surface area contributed by atoms with Crippen LogP contribution in [0.1, 0.15) is 48.2 Å². The summed E-state index contributed by atoms with van der Waals surface area (Å²) in [6.07, 6.45) is 5.90. The van der Waals surface area contributed by atoms with Crippen LogP contribution in [-0.2, 0) is 0 Å². The molecule has 2 saturated heterocycles. The number of H-pyrrole nitrogens is 1. The standard InChI is InChI=1S/C22H34N6O/c1-15-4-2-5-16-14-18(25-21(15)16)22(29)27-19-6-3-7-20(26-19)28-12-8-17(9-13-28)24-11-10-23/h2,4-5,14,17,19-20,24-26H,3,6-13,23H2,1H3,(H,27,29). The molecule has 6 N–H and O–H groups in total. The number of nitrogens with one attached hydrogen (secondary N) is 4. The lowest BCUT2D eigenvalue weighted by molar-refractivity contribution is 0.0713. The molecule has 1 amide bonds. The van der Waals surface area contributed by atoms with Crippen molar-refractivity contribution in [2.45, 2.75) is 57.4 Å². The number of hydrogen-bond donors (Lipinski definition) is 5. The monoisotopic (exact) mass is 398 g/mol. The predicted octanol–water partition coefficient (Wildman–Crippen LogP) is 1.64.